The third-order valence-electron chi connectivity index (χ3n) is 2.76. The molecular formula is C14H27N. The summed E-state index contributed by atoms with van der Waals surface area (Å²) in [6.45, 7) is 12.3. The second-order valence-corrected chi connectivity index (χ2v) is 3.83. The Bertz CT molecular complexity index is 182. The lowest BCUT2D eigenvalue weighted by Crippen LogP contribution is -2.21. The predicted octanol–water partition coefficient (Wildman–Crippen LogP) is 4.02. The zero-order chi connectivity index (χ0) is 11.5. The molecule has 0 atom stereocenters. The average molecular weight is 209 g/mol. The molecule has 0 unspecified atom stereocenters. The van der Waals surface area contributed by atoms with Gasteiger partial charge in [0, 0.05) is 0 Å². The summed E-state index contributed by atoms with van der Waals surface area (Å²) in [6, 6.07) is 0. The molecule has 15 heavy (non-hydrogen) atoms. The Labute approximate surface area is 95.9 Å². The summed E-state index contributed by atoms with van der Waals surface area (Å²) < 4.78 is 0. The Morgan fingerprint density at radius 1 is 1.07 bits per heavy atom. The van der Waals surface area contributed by atoms with Crippen LogP contribution in [0.25, 0.3) is 0 Å². The van der Waals surface area contributed by atoms with Crippen molar-refractivity contribution in [1.29, 1.82) is 0 Å². The topological polar surface area (TPSA) is 3.24 Å². The van der Waals surface area contributed by atoms with Crippen molar-refractivity contribution < 1.29 is 0 Å². The minimum Gasteiger partial charge on any atom is -0.304 e. The van der Waals surface area contributed by atoms with Gasteiger partial charge >= 0.3 is 0 Å². The van der Waals surface area contributed by atoms with E-state index in [0.29, 0.717) is 0 Å². The number of hydrogen-bond acceptors (Lipinski definition) is 1. The number of hydrogen-bond donors (Lipinski definition) is 0. The first-order valence-corrected chi connectivity index (χ1v) is 6.35. The van der Waals surface area contributed by atoms with Gasteiger partial charge in [0.1, 0.15) is 0 Å². The van der Waals surface area contributed by atoms with E-state index in [1.54, 1.807) is 5.57 Å². The first kappa shape index (κ1) is 14.4. The summed E-state index contributed by atoms with van der Waals surface area (Å²) >= 11 is 0. The molecular weight excluding hydrogens is 182 g/mol. The van der Waals surface area contributed by atoms with Crippen LogP contribution in [-0.2, 0) is 0 Å². The van der Waals surface area contributed by atoms with Gasteiger partial charge in [0.25, 0.3) is 0 Å². The first-order chi connectivity index (χ1) is 7.28. The molecule has 0 saturated heterocycles. The standard InChI is InChI=1S/C8H12.C6H15N/c1-2-5-8-6-3-4-7-8;1-4-7(5-2)6-3/h3-4,6H,2,5,7H2,1H3;4-6H2,1-3H3. The van der Waals surface area contributed by atoms with E-state index in [1.807, 2.05) is 0 Å². The molecule has 0 aromatic carbocycles. The van der Waals surface area contributed by atoms with E-state index in [1.165, 1.54) is 38.9 Å². The maximum absolute atomic E-state index is 2.38. The highest BCUT2D eigenvalue weighted by molar-refractivity contribution is 5.22. The van der Waals surface area contributed by atoms with E-state index >= 15 is 0 Å². The second kappa shape index (κ2) is 9.97. The predicted molar refractivity (Wildman–Crippen MR) is 70.2 cm³/mol. The highest BCUT2D eigenvalue weighted by Crippen LogP contribution is 2.14. The molecule has 0 amide bonds. The summed E-state index contributed by atoms with van der Waals surface area (Å²) in [5, 5.41) is 0. The molecule has 0 saturated carbocycles. The summed E-state index contributed by atoms with van der Waals surface area (Å²) in [4.78, 5) is 2.38. The Balaban J connectivity index is 0.000000265. The van der Waals surface area contributed by atoms with Gasteiger partial charge in [-0.25, -0.2) is 0 Å². The van der Waals surface area contributed by atoms with Crippen molar-refractivity contribution in [2.24, 2.45) is 0 Å². The lowest BCUT2D eigenvalue weighted by atomic mass is 10.1. The molecule has 0 aromatic heterocycles. The van der Waals surface area contributed by atoms with E-state index < -0.39 is 0 Å². The van der Waals surface area contributed by atoms with Crippen LogP contribution in [0.5, 0.6) is 0 Å². The van der Waals surface area contributed by atoms with E-state index in [2.05, 4.69) is 50.8 Å². The fourth-order valence-corrected chi connectivity index (χ4v) is 1.67. The normalized spacial score (nSPS) is 13.8. The Morgan fingerprint density at radius 2 is 1.67 bits per heavy atom. The molecule has 1 rings (SSSR count). The Hall–Kier alpha value is -0.560. The Morgan fingerprint density at radius 3 is 1.93 bits per heavy atom. The first-order valence-electron chi connectivity index (χ1n) is 6.35. The van der Waals surface area contributed by atoms with Gasteiger partial charge < -0.3 is 4.90 Å². The van der Waals surface area contributed by atoms with Crippen LogP contribution in [0, 0.1) is 0 Å². The fourth-order valence-electron chi connectivity index (χ4n) is 1.67. The average Bonchev–Trinajstić information content (AvgIpc) is 2.75. The van der Waals surface area contributed by atoms with Crippen molar-refractivity contribution in [3.05, 3.63) is 23.8 Å². The van der Waals surface area contributed by atoms with Crippen molar-refractivity contribution in [3.63, 3.8) is 0 Å². The van der Waals surface area contributed by atoms with Gasteiger partial charge in [0.2, 0.25) is 0 Å². The lowest BCUT2D eigenvalue weighted by molar-refractivity contribution is 0.321. The van der Waals surface area contributed by atoms with Crippen LogP contribution in [0.1, 0.15) is 47.0 Å². The summed E-state index contributed by atoms with van der Waals surface area (Å²) in [6.07, 6.45) is 10.4. The Kier molecular flexibility index (Phi) is 9.60. The largest absolute Gasteiger partial charge is 0.304 e. The highest BCUT2D eigenvalue weighted by atomic mass is 15.1. The summed E-state index contributed by atoms with van der Waals surface area (Å²) in [5.41, 5.74) is 1.59. The zero-order valence-corrected chi connectivity index (χ0v) is 10.9. The molecule has 1 aliphatic carbocycles. The van der Waals surface area contributed by atoms with Crippen molar-refractivity contribution in [3.8, 4) is 0 Å². The lowest BCUT2D eigenvalue weighted by Gasteiger charge is -2.13. The third-order valence-corrected chi connectivity index (χ3v) is 2.76. The molecule has 88 valence electrons. The number of allylic oxidation sites excluding steroid dienone is 4. The molecule has 1 nitrogen and oxygen atoms in total. The molecule has 0 N–H and O–H groups in total. The van der Waals surface area contributed by atoms with E-state index in [4.69, 9.17) is 0 Å². The number of rotatable bonds is 5. The molecule has 0 spiro atoms. The third kappa shape index (κ3) is 7.38. The zero-order valence-electron chi connectivity index (χ0n) is 10.9. The van der Waals surface area contributed by atoms with Crippen molar-refractivity contribution >= 4 is 0 Å². The smallest absolute Gasteiger partial charge is 0.00474 e. The van der Waals surface area contributed by atoms with E-state index in [-0.39, 0.29) is 0 Å². The van der Waals surface area contributed by atoms with E-state index in [0.717, 1.165) is 0 Å². The van der Waals surface area contributed by atoms with Crippen LogP contribution >= 0.6 is 0 Å². The van der Waals surface area contributed by atoms with Gasteiger partial charge in [-0.2, -0.15) is 0 Å². The van der Waals surface area contributed by atoms with Gasteiger partial charge in [-0.05, 0) is 32.5 Å². The van der Waals surface area contributed by atoms with Crippen LogP contribution in [0.3, 0.4) is 0 Å². The van der Waals surface area contributed by atoms with Gasteiger partial charge in [-0.3, -0.25) is 0 Å². The quantitative estimate of drug-likeness (QED) is 0.661. The van der Waals surface area contributed by atoms with Crippen LogP contribution < -0.4 is 0 Å². The van der Waals surface area contributed by atoms with Crippen LogP contribution in [-0.4, -0.2) is 24.5 Å². The number of nitrogens with zero attached hydrogens (tertiary/aromatic N) is 1. The van der Waals surface area contributed by atoms with Crippen LogP contribution in [0.4, 0.5) is 0 Å². The van der Waals surface area contributed by atoms with Gasteiger partial charge in [0.05, 0.1) is 0 Å². The molecule has 1 heteroatoms. The molecule has 0 aromatic rings. The minimum absolute atomic E-state index is 1.19. The maximum atomic E-state index is 2.38. The molecule has 0 aliphatic heterocycles. The van der Waals surface area contributed by atoms with Crippen LogP contribution in [0.15, 0.2) is 23.8 Å². The second-order valence-electron chi connectivity index (χ2n) is 3.83. The monoisotopic (exact) mass is 209 g/mol. The molecule has 0 fully saturated rings. The summed E-state index contributed by atoms with van der Waals surface area (Å²) in [7, 11) is 0. The molecule has 0 bridgehead atoms. The SMILES string of the molecule is CCCC1=CC=CC1.CCN(CC)CC. The molecule has 0 radical (unpaired) electrons. The van der Waals surface area contributed by atoms with Crippen molar-refractivity contribution in [2.45, 2.75) is 47.0 Å². The van der Waals surface area contributed by atoms with Gasteiger partial charge in [0.15, 0.2) is 0 Å². The highest BCUT2D eigenvalue weighted by Gasteiger charge is 1.94. The van der Waals surface area contributed by atoms with Crippen molar-refractivity contribution in [2.75, 3.05) is 19.6 Å². The van der Waals surface area contributed by atoms with Gasteiger partial charge in [-0.15, -0.1) is 0 Å². The minimum atomic E-state index is 1.19. The molecule has 0 heterocycles. The van der Waals surface area contributed by atoms with Crippen LogP contribution in [0.2, 0.25) is 0 Å². The van der Waals surface area contributed by atoms with Gasteiger partial charge in [-0.1, -0.05) is 57.9 Å². The summed E-state index contributed by atoms with van der Waals surface area (Å²) in [5.74, 6) is 0. The van der Waals surface area contributed by atoms with E-state index in [9.17, 15) is 0 Å². The molecule has 1 aliphatic rings. The maximum Gasteiger partial charge on any atom is -0.00474 e. The van der Waals surface area contributed by atoms with Crippen molar-refractivity contribution in [1.82, 2.24) is 4.90 Å². The fraction of sp³-hybridized carbons (Fsp3) is 0.714.